The molecule has 1 saturated heterocycles. The summed E-state index contributed by atoms with van der Waals surface area (Å²) in [5.41, 5.74) is 9.98. The number of aliphatic hydroxyl groups excluding tert-OH is 2. The number of nitrogens with two attached hydrogens (primary N) is 2. The summed E-state index contributed by atoms with van der Waals surface area (Å²) in [4.78, 5) is 53.1. The Kier molecular flexibility index (Phi) is 13.8. The first-order valence-corrected chi connectivity index (χ1v) is 18.1. The molecule has 0 saturated carbocycles. The molecule has 19 nitrogen and oxygen atoms in total. The van der Waals surface area contributed by atoms with Gasteiger partial charge in [0.05, 0.1) is 80.1 Å². The number of ether oxygens (including phenoxy) is 5. The molecule has 2 aromatic rings. The molecule has 0 aromatic heterocycles. The highest BCUT2D eigenvalue weighted by atomic mass is 16.7. The van der Waals surface area contributed by atoms with E-state index >= 15 is 0 Å². The van der Waals surface area contributed by atoms with Crippen LogP contribution in [-0.2, 0) is 35.0 Å². The Morgan fingerprint density at radius 3 is 2.50 bits per heavy atom. The zero-order chi connectivity index (χ0) is 40.9. The number of hydrogen-bond acceptors (Lipinski definition) is 17. The minimum atomic E-state index is -2.23. The van der Waals surface area contributed by atoms with Crippen LogP contribution in [0.4, 0.5) is 0 Å². The number of nitrogens with one attached hydrogen (secondary N) is 2. The molecule has 5 rings (SSSR count). The summed E-state index contributed by atoms with van der Waals surface area (Å²) in [5.74, 6) is -4.44. The van der Waals surface area contributed by atoms with Crippen molar-refractivity contribution < 1.29 is 68.4 Å². The summed E-state index contributed by atoms with van der Waals surface area (Å²) in [5, 5.41) is 63.1. The number of methoxy groups -OCH3 is 2. The van der Waals surface area contributed by atoms with Crippen molar-refractivity contribution in [3.63, 3.8) is 0 Å². The molecule has 2 aromatic carbocycles. The molecule has 2 unspecified atom stereocenters. The Balaban J connectivity index is 1.43. The van der Waals surface area contributed by atoms with Crippen LogP contribution in [0, 0.1) is 0 Å². The average Bonchev–Trinajstić information content (AvgIpc) is 3.16. The van der Waals surface area contributed by atoms with Gasteiger partial charge >= 0.3 is 0 Å². The van der Waals surface area contributed by atoms with Crippen molar-refractivity contribution in [2.24, 2.45) is 16.6 Å². The van der Waals surface area contributed by atoms with Crippen LogP contribution in [-0.4, -0.2) is 138 Å². The molecule has 0 bridgehead atoms. The topological polar surface area (TPSA) is 304 Å². The molecular weight excluding hydrogens is 738 g/mol. The highest BCUT2D eigenvalue weighted by Crippen LogP contribution is 2.52. The van der Waals surface area contributed by atoms with Crippen LogP contribution < -0.4 is 26.9 Å². The van der Waals surface area contributed by atoms with Gasteiger partial charge in [0.25, 0.3) is 0 Å². The van der Waals surface area contributed by atoms with E-state index in [4.69, 9.17) is 35.2 Å². The third-order valence-corrected chi connectivity index (χ3v) is 10.1. The molecular formula is C37H49N5O14. The van der Waals surface area contributed by atoms with Crippen LogP contribution in [0.3, 0.4) is 0 Å². The van der Waals surface area contributed by atoms with Crippen LogP contribution in [0.5, 0.6) is 17.2 Å². The zero-order valence-corrected chi connectivity index (χ0v) is 31.3. The Morgan fingerprint density at radius 1 is 1.09 bits per heavy atom. The number of aromatic hydroxyl groups is 2. The van der Waals surface area contributed by atoms with Gasteiger partial charge in [-0.15, -0.1) is 0 Å². The van der Waals surface area contributed by atoms with E-state index < -0.39 is 120 Å². The van der Waals surface area contributed by atoms with Crippen molar-refractivity contribution in [1.29, 1.82) is 0 Å². The third-order valence-electron chi connectivity index (χ3n) is 10.1. The number of hydrazone groups is 1. The molecule has 1 fully saturated rings. The monoisotopic (exact) mass is 787 g/mol. The van der Waals surface area contributed by atoms with E-state index in [0.717, 1.165) is 0 Å². The van der Waals surface area contributed by atoms with E-state index in [1.807, 2.05) is 0 Å². The Bertz CT molecular complexity index is 1840. The lowest BCUT2D eigenvalue weighted by atomic mass is 9.71. The first-order chi connectivity index (χ1) is 26.7. The number of amides is 2. The van der Waals surface area contributed by atoms with E-state index in [1.54, 1.807) is 14.0 Å². The SMILES string of the molecule is COCCOCCCNC(=O)C(N)CC(=O)NN=C(CO)[C@]1(O)Cc2c(O)c3c(c(O)c2[C@@H](O[C@H]2C[C@@H](N)[C@H](O)C(C)O2)C1)C(=O)c1c(OC)cccc1C3=O. The van der Waals surface area contributed by atoms with Crippen LogP contribution in [0.1, 0.15) is 81.7 Å². The Morgan fingerprint density at radius 2 is 1.82 bits per heavy atom. The maximum Gasteiger partial charge on any atom is 0.242 e. The fourth-order valence-electron chi connectivity index (χ4n) is 7.13. The number of carbonyl (C=O) groups excluding carboxylic acids is 4. The van der Waals surface area contributed by atoms with E-state index in [2.05, 4.69) is 15.8 Å². The lowest BCUT2D eigenvalue weighted by Gasteiger charge is -2.43. The van der Waals surface area contributed by atoms with Crippen LogP contribution >= 0.6 is 0 Å². The summed E-state index contributed by atoms with van der Waals surface area (Å²) in [6, 6.07) is 2.26. The van der Waals surface area contributed by atoms with Gasteiger partial charge in [-0.1, -0.05) is 12.1 Å². The summed E-state index contributed by atoms with van der Waals surface area (Å²) < 4.78 is 27.6. The van der Waals surface area contributed by atoms with Gasteiger partial charge in [0.2, 0.25) is 17.6 Å². The number of nitrogens with zero attached hydrogens (tertiary/aromatic N) is 1. The highest BCUT2D eigenvalue weighted by Gasteiger charge is 2.49. The average molecular weight is 788 g/mol. The van der Waals surface area contributed by atoms with E-state index in [0.29, 0.717) is 26.2 Å². The fourth-order valence-corrected chi connectivity index (χ4v) is 7.13. The smallest absolute Gasteiger partial charge is 0.242 e. The van der Waals surface area contributed by atoms with E-state index in [9.17, 15) is 44.7 Å². The molecule has 0 spiro atoms. The van der Waals surface area contributed by atoms with Gasteiger partial charge in [0.15, 0.2) is 12.1 Å². The molecule has 3 aliphatic rings. The molecule has 2 aliphatic carbocycles. The third kappa shape index (κ3) is 8.70. The number of rotatable bonds is 16. The fraction of sp³-hybridized carbons (Fsp3) is 0.541. The quantitative estimate of drug-likeness (QED) is 0.0356. The predicted molar refractivity (Wildman–Crippen MR) is 195 cm³/mol. The van der Waals surface area contributed by atoms with E-state index in [-0.39, 0.29) is 41.0 Å². The molecule has 7 atom stereocenters. The maximum atomic E-state index is 14.0. The molecule has 11 N–H and O–H groups in total. The second kappa shape index (κ2) is 18.1. The van der Waals surface area contributed by atoms with Gasteiger partial charge in [-0.2, -0.15) is 5.10 Å². The summed E-state index contributed by atoms with van der Waals surface area (Å²) in [7, 11) is 2.86. The number of carbonyl (C=O) groups is 4. The largest absolute Gasteiger partial charge is 0.507 e. The molecule has 56 heavy (non-hydrogen) atoms. The normalized spacial score (nSPS) is 25.1. The molecule has 1 heterocycles. The summed E-state index contributed by atoms with van der Waals surface area (Å²) >= 11 is 0. The predicted octanol–water partition coefficient (Wildman–Crippen LogP) is -1.21. The number of aliphatic hydroxyl groups is 3. The minimum Gasteiger partial charge on any atom is -0.507 e. The molecule has 19 heteroatoms. The first-order valence-electron chi connectivity index (χ1n) is 18.1. The Hall–Kier alpha value is -4.57. The van der Waals surface area contributed by atoms with E-state index in [1.165, 1.54) is 25.3 Å². The standard InChI is InChI=1S/C37H49N5O14/c1-17-31(45)20(38)13-26(55-17)56-23-15-37(51,24(16-43)41-42-25(44)12-21(39)36(50)40-8-5-9-54-11-10-52-2)14-19-28(23)35(49)30-29(33(19)47)32(46)18-6-4-7-22(53-3)27(18)34(30)48/h4,6-7,17,20-21,23,26,31,43,45,47,49,51H,5,8-16,38-39H2,1-3H3,(H,40,50)(H,42,44)/t17?,20-,21?,23+,26+,31-,37+/m1/s1. The van der Waals surface area contributed by atoms with Gasteiger partial charge in [-0.25, -0.2) is 5.43 Å². The molecule has 0 radical (unpaired) electrons. The summed E-state index contributed by atoms with van der Waals surface area (Å²) in [6.07, 6.45) is -5.52. The lowest BCUT2D eigenvalue weighted by Crippen LogP contribution is -2.53. The van der Waals surface area contributed by atoms with Gasteiger partial charge in [0.1, 0.15) is 22.8 Å². The van der Waals surface area contributed by atoms with Crippen molar-refractivity contribution in [2.45, 2.75) is 81.3 Å². The maximum absolute atomic E-state index is 14.0. The number of fused-ring (bicyclic) bond motifs is 3. The van der Waals surface area contributed by atoms with Crippen molar-refractivity contribution in [1.82, 2.24) is 10.7 Å². The molecule has 2 amide bonds. The number of ketones is 2. The number of benzene rings is 2. The van der Waals surface area contributed by atoms with Gasteiger partial charge in [-0.3, -0.25) is 19.2 Å². The van der Waals surface area contributed by atoms with Gasteiger partial charge < -0.3 is 66.0 Å². The number of hydrogen-bond donors (Lipinski definition) is 9. The summed E-state index contributed by atoms with van der Waals surface area (Å²) in [6.45, 7) is 2.09. The van der Waals surface area contributed by atoms with Crippen LogP contribution in [0.2, 0.25) is 0 Å². The van der Waals surface area contributed by atoms with Gasteiger partial charge in [0, 0.05) is 62.3 Å². The van der Waals surface area contributed by atoms with Crippen LogP contribution in [0.25, 0.3) is 0 Å². The lowest BCUT2D eigenvalue weighted by molar-refractivity contribution is -0.245. The second-order valence-corrected chi connectivity index (χ2v) is 13.9. The van der Waals surface area contributed by atoms with Crippen molar-refractivity contribution in [3.8, 4) is 17.2 Å². The van der Waals surface area contributed by atoms with Gasteiger partial charge in [-0.05, 0) is 19.4 Å². The van der Waals surface area contributed by atoms with Crippen molar-refractivity contribution in [3.05, 3.63) is 51.6 Å². The highest BCUT2D eigenvalue weighted by molar-refractivity contribution is 6.31. The molecule has 306 valence electrons. The number of phenols is 2. The van der Waals surface area contributed by atoms with Crippen molar-refractivity contribution >= 4 is 29.1 Å². The molecule has 1 aliphatic heterocycles. The van der Waals surface area contributed by atoms with Crippen LogP contribution in [0.15, 0.2) is 23.3 Å². The first kappa shape index (κ1) is 42.6. The zero-order valence-electron chi connectivity index (χ0n) is 31.3. The number of phenolic OH excluding ortho intramolecular Hbond substituents is 2. The minimum absolute atomic E-state index is 0.0392. The second-order valence-electron chi connectivity index (χ2n) is 13.9. The van der Waals surface area contributed by atoms with Crippen molar-refractivity contribution in [2.75, 3.05) is 47.2 Å². The Labute approximate surface area is 321 Å².